The number of benzene rings is 1. The smallest absolute Gasteiger partial charge is 0.126 e. The quantitative estimate of drug-likeness (QED) is 0.715. The fourth-order valence-corrected chi connectivity index (χ4v) is 2.83. The average molecular weight is 263 g/mol. The molecule has 1 N–H and O–H groups in total. The first-order valence-corrected chi connectivity index (χ1v) is 7.64. The molecule has 2 rings (SSSR count). The number of unbranched alkanes of at least 4 members (excludes halogenated alkanes) is 1. The molecule has 0 saturated heterocycles. The Kier molecular flexibility index (Phi) is 5.38. The lowest BCUT2D eigenvalue weighted by Gasteiger charge is -2.36. The minimum Gasteiger partial charge on any atom is -0.314 e. The van der Waals surface area contributed by atoms with Gasteiger partial charge in [0, 0.05) is 6.04 Å². The van der Waals surface area contributed by atoms with Crippen molar-refractivity contribution in [3.8, 4) is 0 Å². The summed E-state index contributed by atoms with van der Waals surface area (Å²) in [6.45, 7) is 5.66. The molecule has 0 unspecified atom stereocenters. The molecule has 0 atom stereocenters. The Balaban J connectivity index is 1.60. The fourth-order valence-electron chi connectivity index (χ4n) is 2.83. The van der Waals surface area contributed by atoms with Gasteiger partial charge in [-0.2, -0.15) is 0 Å². The van der Waals surface area contributed by atoms with Gasteiger partial charge in [0.2, 0.25) is 0 Å². The van der Waals surface area contributed by atoms with Crippen LogP contribution in [0.15, 0.2) is 24.3 Å². The van der Waals surface area contributed by atoms with E-state index >= 15 is 0 Å². The zero-order valence-electron chi connectivity index (χ0n) is 12.2. The summed E-state index contributed by atoms with van der Waals surface area (Å²) in [5, 5.41) is 3.59. The fraction of sp³-hybridized carbons (Fsp3) is 0.647. The van der Waals surface area contributed by atoms with Gasteiger partial charge in [0.05, 0.1) is 0 Å². The van der Waals surface area contributed by atoms with E-state index in [1.54, 1.807) is 12.1 Å². The number of hydrogen-bond donors (Lipinski definition) is 1. The molecule has 106 valence electrons. The maximum Gasteiger partial charge on any atom is 0.126 e. The van der Waals surface area contributed by atoms with Crippen molar-refractivity contribution in [1.29, 1.82) is 0 Å². The van der Waals surface area contributed by atoms with Crippen LogP contribution in [0.2, 0.25) is 0 Å². The van der Waals surface area contributed by atoms with Crippen molar-refractivity contribution in [3.63, 3.8) is 0 Å². The Hall–Kier alpha value is -0.890. The van der Waals surface area contributed by atoms with E-state index in [1.807, 2.05) is 12.1 Å². The van der Waals surface area contributed by atoms with Crippen LogP contribution in [0.4, 0.5) is 4.39 Å². The van der Waals surface area contributed by atoms with Gasteiger partial charge in [0.1, 0.15) is 5.82 Å². The Morgan fingerprint density at radius 1 is 1.21 bits per heavy atom. The van der Waals surface area contributed by atoms with Gasteiger partial charge in [-0.05, 0) is 49.3 Å². The second-order valence-electron chi connectivity index (χ2n) is 6.23. The van der Waals surface area contributed by atoms with E-state index in [-0.39, 0.29) is 5.82 Å². The molecule has 0 heterocycles. The zero-order chi connectivity index (χ0) is 13.7. The molecule has 1 aromatic carbocycles. The van der Waals surface area contributed by atoms with Crippen LogP contribution in [0.3, 0.4) is 0 Å². The molecule has 1 fully saturated rings. The van der Waals surface area contributed by atoms with E-state index in [0.717, 1.165) is 30.9 Å². The van der Waals surface area contributed by atoms with Gasteiger partial charge < -0.3 is 5.32 Å². The lowest BCUT2D eigenvalue weighted by atomic mass is 9.75. The van der Waals surface area contributed by atoms with Crippen LogP contribution in [0, 0.1) is 11.7 Å². The number of halogens is 1. The summed E-state index contributed by atoms with van der Waals surface area (Å²) in [5.74, 6) is 1.20. The average Bonchev–Trinajstić information content (AvgIpc) is 2.32. The third kappa shape index (κ3) is 4.31. The Bertz CT molecular complexity index is 383. The predicted octanol–water partition coefficient (Wildman–Crippen LogP) is 4.49. The number of rotatable bonds is 7. The van der Waals surface area contributed by atoms with Crippen molar-refractivity contribution in [3.05, 3.63) is 35.6 Å². The second kappa shape index (κ2) is 7.04. The molecule has 0 aliphatic heterocycles. The second-order valence-corrected chi connectivity index (χ2v) is 6.23. The monoisotopic (exact) mass is 263 g/mol. The molecule has 19 heavy (non-hydrogen) atoms. The van der Waals surface area contributed by atoms with Crippen molar-refractivity contribution >= 4 is 0 Å². The van der Waals surface area contributed by atoms with Crippen molar-refractivity contribution < 1.29 is 4.39 Å². The minimum absolute atomic E-state index is 0.0390. The zero-order valence-corrected chi connectivity index (χ0v) is 12.2. The summed E-state index contributed by atoms with van der Waals surface area (Å²) in [7, 11) is 0. The lowest BCUT2D eigenvalue weighted by molar-refractivity contribution is 0.283. The molecule has 1 aliphatic carbocycles. The summed E-state index contributed by atoms with van der Waals surface area (Å²) in [5.41, 5.74) is 0.903. The predicted molar refractivity (Wildman–Crippen MR) is 78.9 cm³/mol. The SMILES string of the molecule is CC(C)CCCCNC1CC(c2ccccc2F)C1. The topological polar surface area (TPSA) is 12.0 Å². The first-order chi connectivity index (χ1) is 9.16. The first kappa shape index (κ1) is 14.5. The summed E-state index contributed by atoms with van der Waals surface area (Å²) < 4.78 is 13.6. The van der Waals surface area contributed by atoms with Gasteiger partial charge in [-0.3, -0.25) is 0 Å². The van der Waals surface area contributed by atoms with Gasteiger partial charge >= 0.3 is 0 Å². The summed E-state index contributed by atoms with van der Waals surface area (Å²) in [6, 6.07) is 7.80. The van der Waals surface area contributed by atoms with Crippen LogP contribution in [0.1, 0.15) is 57.4 Å². The van der Waals surface area contributed by atoms with E-state index in [4.69, 9.17) is 0 Å². The normalized spacial score (nSPS) is 22.5. The van der Waals surface area contributed by atoms with Crippen LogP contribution in [-0.4, -0.2) is 12.6 Å². The van der Waals surface area contributed by atoms with Crippen molar-refractivity contribution in [2.24, 2.45) is 5.92 Å². The Morgan fingerprint density at radius 3 is 2.63 bits per heavy atom. The molecule has 1 aromatic rings. The van der Waals surface area contributed by atoms with E-state index in [1.165, 1.54) is 19.3 Å². The van der Waals surface area contributed by atoms with Gasteiger partial charge in [-0.15, -0.1) is 0 Å². The van der Waals surface area contributed by atoms with Crippen LogP contribution in [0.25, 0.3) is 0 Å². The van der Waals surface area contributed by atoms with E-state index < -0.39 is 0 Å². The molecule has 0 aromatic heterocycles. The van der Waals surface area contributed by atoms with E-state index in [0.29, 0.717) is 12.0 Å². The maximum absolute atomic E-state index is 13.6. The summed E-state index contributed by atoms with van der Waals surface area (Å²) in [6.07, 6.45) is 6.08. The molecule has 2 heteroatoms. The first-order valence-electron chi connectivity index (χ1n) is 7.64. The molecular formula is C17H26FN. The molecule has 1 nitrogen and oxygen atoms in total. The molecule has 0 amide bonds. The number of nitrogens with one attached hydrogen (secondary N) is 1. The highest BCUT2D eigenvalue weighted by Gasteiger charge is 2.31. The highest BCUT2D eigenvalue weighted by molar-refractivity contribution is 5.24. The van der Waals surface area contributed by atoms with Crippen LogP contribution in [-0.2, 0) is 0 Å². The largest absolute Gasteiger partial charge is 0.314 e. The highest BCUT2D eigenvalue weighted by Crippen LogP contribution is 2.37. The summed E-state index contributed by atoms with van der Waals surface area (Å²) in [4.78, 5) is 0. The molecule has 0 radical (unpaired) electrons. The lowest BCUT2D eigenvalue weighted by Crippen LogP contribution is -2.40. The maximum atomic E-state index is 13.6. The molecule has 1 aliphatic rings. The summed E-state index contributed by atoms with van der Waals surface area (Å²) >= 11 is 0. The molecule has 0 bridgehead atoms. The highest BCUT2D eigenvalue weighted by atomic mass is 19.1. The van der Waals surface area contributed by atoms with Crippen LogP contribution >= 0.6 is 0 Å². The van der Waals surface area contributed by atoms with Crippen molar-refractivity contribution in [2.75, 3.05) is 6.54 Å². The van der Waals surface area contributed by atoms with Crippen molar-refractivity contribution in [2.45, 2.75) is 57.9 Å². The molecular weight excluding hydrogens is 237 g/mol. The third-order valence-electron chi connectivity index (χ3n) is 4.12. The van der Waals surface area contributed by atoms with Gasteiger partial charge in [0.15, 0.2) is 0 Å². The standard InChI is InChI=1S/C17H26FN/c1-13(2)7-5-6-10-19-15-11-14(12-15)16-8-3-4-9-17(16)18/h3-4,8-9,13-15,19H,5-7,10-12H2,1-2H3. The minimum atomic E-state index is -0.0390. The third-order valence-corrected chi connectivity index (χ3v) is 4.12. The van der Waals surface area contributed by atoms with E-state index in [2.05, 4.69) is 19.2 Å². The van der Waals surface area contributed by atoms with E-state index in [9.17, 15) is 4.39 Å². The molecule has 0 spiro atoms. The van der Waals surface area contributed by atoms with Crippen molar-refractivity contribution in [1.82, 2.24) is 5.32 Å². The Morgan fingerprint density at radius 2 is 1.95 bits per heavy atom. The van der Waals surface area contributed by atoms with Crippen LogP contribution in [0.5, 0.6) is 0 Å². The molecule has 1 saturated carbocycles. The van der Waals surface area contributed by atoms with Crippen LogP contribution < -0.4 is 5.32 Å². The Labute approximate surface area is 116 Å². The van der Waals surface area contributed by atoms with Gasteiger partial charge in [-0.1, -0.05) is 44.9 Å². The van der Waals surface area contributed by atoms with Gasteiger partial charge in [-0.25, -0.2) is 4.39 Å². The number of hydrogen-bond acceptors (Lipinski definition) is 1. The van der Waals surface area contributed by atoms with Gasteiger partial charge in [0.25, 0.3) is 0 Å².